The van der Waals surface area contributed by atoms with Crippen molar-refractivity contribution in [3.8, 4) is 11.5 Å². The van der Waals surface area contributed by atoms with Gasteiger partial charge in [0.2, 0.25) is 0 Å². The van der Waals surface area contributed by atoms with Crippen molar-refractivity contribution in [2.24, 2.45) is 5.73 Å². The van der Waals surface area contributed by atoms with E-state index in [2.05, 4.69) is 24.0 Å². The van der Waals surface area contributed by atoms with Gasteiger partial charge in [-0.3, -0.25) is 4.79 Å². The van der Waals surface area contributed by atoms with Crippen molar-refractivity contribution < 1.29 is 9.32 Å². The Hall–Kier alpha value is -1.92. The number of hydrogen-bond acceptors (Lipinski definition) is 5. The summed E-state index contributed by atoms with van der Waals surface area (Å²) in [5.41, 5.74) is 7.20. The second kappa shape index (κ2) is 8.64. The van der Waals surface area contributed by atoms with Crippen molar-refractivity contribution in [1.82, 2.24) is 15.0 Å². The molecular formula is C19H27ClN4O2. The summed E-state index contributed by atoms with van der Waals surface area (Å²) in [5, 5.41) is 4.05. The summed E-state index contributed by atoms with van der Waals surface area (Å²) in [6.45, 7) is 5.68. The number of amides is 1. The molecule has 142 valence electrons. The lowest BCUT2D eigenvalue weighted by Crippen LogP contribution is -2.44. The quantitative estimate of drug-likeness (QED) is 0.792. The fourth-order valence-electron chi connectivity index (χ4n) is 3.15. The zero-order chi connectivity index (χ0) is 17.9. The molecule has 1 aromatic heterocycles. The van der Waals surface area contributed by atoms with Gasteiger partial charge in [-0.25, -0.2) is 0 Å². The van der Waals surface area contributed by atoms with Crippen molar-refractivity contribution in [2.45, 2.75) is 51.5 Å². The van der Waals surface area contributed by atoms with E-state index in [4.69, 9.17) is 10.3 Å². The van der Waals surface area contributed by atoms with Crippen LogP contribution in [-0.2, 0) is 5.54 Å². The van der Waals surface area contributed by atoms with Crippen molar-refractivity contribution in [2.75, 3.05) is 13.1 Å². The van der Waals surface area contributed by atoms with Gasteiger partial charge < -0.3 is 15.2 Å². The van der Waals surface area contributed by atoms with Gasteiger partial charge >= 0.3 is 0 Å². The molecule has 3 rings (SSSR count). The lowest BCUT2D eigenvalue weighted by molar-refractivity contribution is 0.0755. The zero-order valence-corrected chi connectivity index (χ0v) is 16.2. The van der Waals surface area contributed by atoms with Crippen LogP contribution in [0.5, 0.6) is 0 Å². The van der Waals surface area contributed by atoms with E-state index in [-0.39, 0.29) is 18.3 Å². The molecule has 0 aliphatic heterocycles. The van der Waals surface area contributed by atoms with Crippen LogP contribution in [0.4, 0.5) is 0 Å². The average molecular weight is 379 g/mol. The topological polar surface area (TPSA) is 85.2 Å². The normalized spacial score (nSPS) is 15.0. The first kappa shape index (κ1) is 20.4. The van der Waals surface area contributed by atoms with E-state index in [1.54, 1.807) is 0 Å². The molecule has 1 aliphatic carbocycles. The maximum Gasteiger partial charge on any atom is 0.258 e. The van der Waals surface area contributed by atoms with Gasteiger partial charge in [-0.15, -0.1) is 12.4 Å². The standard InChI is InChI=1S/C19H26N4O2.ClH/c1-3-11-23(12-4-2)17(24)15-8-5-7-14(13-15)16-21-18(22-25-16)19(20)9-6-10-19;/h5,7-8,13H,3-4,6,9-12,20H2,1-2H3;1H. The van der Waals surface area contributed by atoms with Gasteiger partial charge in [0.05, 0.1) is 5.54 Å². The second-order valence-electron chi connectivity index (χ2n) is 6.81. The molecule has 1 heterocycles. The van der Waals surface area contributed by atoms with E-state index in [1.807, 2.05) is 29.2 Å². The van der Waals surface area contributed by atoms with Crippen molar-refractivity contribution in [3.63, 3.8) is 0 Å². The fourth-order valence-corrected chi connectivity index (χ4v) is 3.15. The van der Waals surface area contributed by atoms with Crippen molar-refractivity contribution >= 4 is 18.3 Å². The van der Waals surface area contributed by atoms with Crippen LogP contribution >= 0.6 is 12.4 Å². The number of benzene rings is 1. The summed E-state index contributed by atoms with van der Waals surface area (Å²) in [6.07, 6.45) is 4.74. The van der Waals surface area contributed by atoms with Crippen molar-refractivity contribution in [3.05, 3.63) is 35.7 Å². The Morgan fingerprint density at radius 2 is 1.96 bits per heavy atom. The highest BCUT2D eigenvalue weighted by molar-refractivity contribution is 5.95. The lowest BCUT2D eigenvalue weighted by Gasteiger charge is -2.34. The van der Waals surface area contributed by atoms with E-state index in [0.29, 0.717) is 17.3 Å². The summed E-state index contributed by atoms with van der Waals surface area (Å²) in [4.78, 5) is 19.1. The smallest absolute Gasteiger partial charge is 0.258 e. The molecule has 1 amide bonds. The van der Waals surface area contributed by atoms with Crippen molar-refractivity contribution in [1.29, 1.82) is 0 Å². The largest absolute Gasteiger partial charge is 0.339 e. The second-order valence-corrected chi connectivity index (χ2v) is 6.81. The predicted molar refractivity (Wildman–Crippen MR) is 103 cm³/mol. The summed E-state index contributed by atoms with van der Waals surface area (Å²) in [5.74, 6) is 1.02. The number of carbonyl (C=O) groups is 1. The fraction of sp³-hybridized carbons (Fsp3) is 0.526. The first-order chi connectivity index (χ1) is 12.1. The maximum atomic E-state index is 12.8. The third-order valence-electron chi connectivity index (χ3n) is 4.75. The third-order valence-corrected chi connectivity index (χ3v) is 4.75. The Morgan fingerprint density at radius 1 is 1.27 bits per heavy atom. The van der Waals surface area contributed by atoms with Crippen LogP contribution in [0.1, 0.15) is 62.1 Å². The van der Waals surface area contributed by atoms with Crippen LogP contribution in [0.3, 0.4) is 0 Å². The summed E-state index contributed by atoms with van der Waals surface area (Å²) < 4.78 is 5.40. The maximum absolute atomic E-state index is 12.8. The molecule has 0 radical (unpaired) electrons. The molecule has 7 heteroatoms. The first-order valence-electron chi connectivity index (χ1n) is 9.10. The minimum Gasteiger partial charge on any atom is -0.339 e. The van der Waals surface area contributed by atoms with Gasteiger partial charge in [-0.1, -0.05) is 25.1 Å². The summed E-state index contributed by atoms with van der Waals surface area (Å²) in [6, 6.07) is 7.38. The van der Waals surface area contributed by atoms with Crippen LogP contribution < -0.4 is 5.73 Å². The highest BCUT2D eigenvalue weighted by Crippen LogP contribution is 2.37. The highest BCUT2D eigenvalue weighted by atomic mass is 35.5. The molecule has 1 aromatic carbocycles. The molecule has 1 fully saturated rings. The van der Waals surface area contributed by atoms with Crippen LogP contribution in [-0.4, -0.2) is 34.0 Å². The molecule has 2 aromatic rings. The SMILES string of the molecule is CCCN(CCC)C(=O)c1cccc(-c2nc(C3(N)CCC3)no2)c1.Cl. The third kappa shape index (κ3) is 4.07. The van der Waals surface area contributed by atoms with E-state index in [0.717, 1.165) is 50.8 Å². The van der Waals surface area contributed by atoms with E-state index in [1.165, 1.54) is 0 Å². The molecule has 2 N–H and O–H groups in total. The zero-order valence-electron chi connectivity index (χ0n) is 15.4. The molecule has 0 bridgehead atoms. The number of aromatic nitrogens is 2. The molecule has 0 saturated heterocycles. The molecule has 1 saturated carbocycles. The lowest BCUT2D eigenvalue weighted by atomic mass is 9.77. The van der Waals surface area contributed by atoms with Gasteiger partial charge in [0, 0.05) is 24.2 Å². The van der Waals surface area contributed by atoms with E-state index in [9.17, 15) is 4.79 Å². The molecule has 26 heavy (non-hydrogen) atoms. The van der Waals surface area contributed by atoms with Gasteiger partial charge in [0.15, 0.2) is 5.82 Å². The summed E-state index contributed by atoms with van der Waals surface area (Å²) in [7, 11) is 0. The van der Waals surface area contributed by atoms with Gasteiger partial charge in [0.25, 0.3) is 11.8 Å². The minimum absolute atomic E-state index is 0. The Labute approximate surface area is 160 Å². The van der Waals surface area contributed by atoms with Gasteiger partial charge in [0.1, 0.15) is 0 Å². The van der Waals surface area contributed by atoms with Gasteiger partial charge in [-0.2, -0.15) is 4.98 Å². The first-order valence-corrected chi connectivity index (χ1v) is 9.10. The number of nitrogens with zero attached hydrogens (tertiary/aromatic N) is 3. The molecule has 1 aliphatic rings. The van der Waals surface area contributed by atoms with E-state index >= 15 is 0 Å². The predicted octanol–water partition coefficient (Wildman–Crippen LogP) is 3.76. The molecular weight excluding hydrogens is 352 g/mol. The minimum atomic E-state index is -0.450. The number of carbonyl (C=O) groups excluding carboxylic acids is 1. The molecule has 0 spiro atoms. The molecule has 0 unspecified atom stereocenters. The van der Waals surface area contributed by atoms with Crippen LogP contribution in [0.2, 0.25) is 0 Å². The molecule has 0 atom stereocenters. The Balaban J connectivity index is 0.00000243. The van der Waals surface area contributed by atoms with Crippen LogP contribution in [0.25, 0.3) is 11.5 Å². The number of nitrogens with two attached hydrogens (primary N) is 1. The number of hydrogen-bond donors (Lipinski definition) is 1. The Morgan fingerprint density at radius 3 is 2.54 bits per heavy atom. The summed E-state index contributed by atoms with van der Waals surface area (Å²) >= 11 is 0. The van der Waals surface area contributed by atoms with Crippen LogP contribution in [0.15, 0.2) is 28.8 Å². The number of rotatable bonds is 7. The number of halogens is 1. The monoisotopic (exact) mass is 378 g/mol. The highest BCUT2D eigenvalue weighted by Gasteiger charge is 2.39. The Kier molecular flexibility index (Phi) is 6.78. The average Bonchev–Trinajstić information content (AvgIpc) is 3.09. The van der Waals surface area contributed by atoms with Crippen LogP contribution in [0, 0.1) is 0 Å². The Bertz CT molecular complexity index is 737. The molecule has 6 nitrogen and oxygen atoms in total. The van der Waals surface area contributed by atoms with Gasteiger partial charge in [-0.05, 0) is 50.3 Å². The van der Waals surface area contributed by atoms with E-state index < -0.39 is 5.54 Å².